The van der Waals surface area contributed by atoms with Crippen LogP contribution in [0.2, 0.25) is 0 Å². The van der Waals surface area contributed by atoms with E-state index in [9.17, 15) is 4.79 Å². The van der Waals surface area contributed by atoms with E-state index in [0.717, 1.165) is 29.8 Å². The highest BCUT2D eigenvalue weighted by molar-refractivity contribution is 5.33. The van der Waals surface area contributed by atoms with Gasteiger partial charge in [-0.25, -0.2) is 4.68 Å². The number of rotatable bonds is 4. The summed E-state index contributed by atoms with van der Waals surface area (Å²) in [5.41, 5.74) is 2.97. The van der Waals surface area contributed by atoms with Crippen LogP contribution in [-0.4, -0.2) is 9.78 Å². The molecule has 0 aliphatic carbocycles. The van der Waals surface area contributed by atoms with Crippen molar-refractivity contribution < 1.29 is 0 Å². The Balaban J connectivity index is 2.57. The molecular formula is C15H20N2O. The van der Waals surface area contributed by atoms with Gasteiger partial charge in [0.1, 0.15) is 0 Å². The smallest absolute Gasteiger partial charge is 0.274 e. The van der Waals surface area contributed by atoms with E-state index >= 15 is 0 Å². The summed E-state index contributed by atoms with van der Waals surface area (Å²) in [6.07, 6.45) is 1.82. The lowest BCUT2D eigenvalue weighted by molar-refractivity contribution is 0.754. The van der Waals surface area contributed by atoms with Crippen LogP contribution in [0, 0.1) is 0 Å². The fraction of sp³-hybridized carbons (Fsp3) is 0.400. The monoisotopic (exact) mass is 244 g/mol. The fourth-order valence-electron chi connectivity index (χ4n) is 2.22. The molecule has 3 nitrogen and oxygen atoms in total. The second-order valence-electron chi connectivity index (χ2n) is 4.88. The predicted molar refractivity (Wildman–Crippen MR) is 74.5 cm³/mol. The molecule has 0 unspecified atom stereocenters. The topological polar surface area (TPSA) is 37.8 Å². The zero-order valence-corrected chi connectivity index (χ0v) is 11.2. The molecule has 0 saturated carbocycles. The molecule has 96 valence electrons. The molecule has 2 rings (SSSR count). The molecule has 0 radical (unpaired) electrons. The Kier molecular flexibility index (Phi) is 3.70. The van der Waals surface area contributed by atoms with Crippen molar-refractivity contribution in [2.75, 3.05) is 0 Å². The van der Waals surface area contributed by atoms with Gasteiger partial charge in [0, 0.05) is 11.3 Å². The molecular weight excluding hydrogens is 224 g/mol. The first kappa shape index (κ1) is 12.7. The number of aromatic amines is 1. The Labute approximate surface area is 107 Å². The molecule has 1 N–H and O–H groups in total. The van der Waals surface area contributed by atoms with Crippen molar-refractivity contribution in [1.29, 1.82) is 0 Å². The lowest BCUT2D eigenvalue weighted by atomic mass is 10.0. The number of benzene rings is 1. The van der Waals surface area contributed by atoms with Gasteiger partial charge in [-0.05, 0) is 24.5 Å². The van der Waals surface area contributed by atoms with Gasteiger partial charge in [-0.15, -0.1) is 0 Å². The molecule has 0 atom stereocenters. The van der Waals surface area contributed by atoms with Gasteiger partial charge < -0.3 is 0 Å². The summed E-state index contributed by atoms with van der Waals surface area (Å²) in [4.78, 5) is 12.4. The summed E-state index contributed by atoms with van der Waals surface area (Å²) in [7, 11) is 0. The summed E-state index contributed by atoms with van der Waals surface area (Å²) >= 11 is 0. The zero-order valence-electron chi connectivity index (χ0n) is 11.2. The Morgan fingerprint density at radius 3 is 2.44 bits per heavy atom. The first-order valence-electron chi connectivity index (χ1n) is 6.54. The van der Waals surface area contributed by atoms with Gasteiger partial charge >= 0.3 is 0 Å². The Bertz CT molecular complexity index is 564. The molecule has 0 fully saturated rings. The second kappa shape index (κ2) is 5.25. The van der Waals surface area contributed by atoms with Crippen molar-refractivity contribution in [3.63, 3.8) is 0 Å². The maximum atomic E-state index is 12.4. The molecule has 1 aromatic heterocycles. The van der Waals surface area contributed by atoms with E-state index in [-0.39, 0.29) is 5.56 Å². The van der Waals surface area contributed by atoms with Crippen LogP contribution in [0.15, 0.2) is 35.1 Å². The fourth-order valence-corrected chi connectivity index (χ4v) is 2.22. The predicted octanol–water partition coefficient (Wildman–Crippen LogP) is 3.24. The minimum atomic E-state index is 0.0896. The van der Waals surface area contributed by atoms with Gasteiger partial charge in [0.05, 0.1) is 5.69 Å². The van der Waals surface area contributed by atoms with Gasteiger partial charge in [-0.1, -0.05) is 45.4 Å². The molecule has 3 heteroatoms. The third kappa shape index (κ3) is 2.26. The minimum Gasteiger partial charge on any atom is -0.294 e. The molecule has 1 aromatic carbocycles. The number of hydrogen-bond donors (Lipinski definition) is 1. The molecule has 0 bridgehead atoms. The lowest BCUT2D eigenvalue weighted by Gasteiger charge is -2.04. The van der Waals surface area contributed by atoms with Crippen LogP contribution in [0.25, 0.3) is 5.69 Å². The molecule has 18 heavy (non-hydrogen) atoms. The summed E-state index contributed by atoms with van der Waals surface area (Å²) in [6, 6.07) is 9.72. The van der Waals surface area contributed by atoms with E-state index < -0.39 is 0 Å². The van der Waals surface area contributed by atoms with Crippen LogP contribution >= 0.6 is 0 Å². The maximum Gasteiger partial charge on any atom is 0.274 e. The standard InChI is InChI=1S/C15H20N2O/c1-4-8-13-14(11(2)3)16-17(15(13)18)12-9-6-5-7-10-12/h5-7,9-11,16H,4,8H2,1-3H3. The van der Waals surface area contributed by atoms with Crippen molar-refractivity contribution in [3.05, 3.63) is 51.9 Å². The second-order valence-corrected chi connectivity index (χ2v) is 4.88. The minimum absolute atomic E-state index is 0.0896. The number of aromatic nitrogens is 2. The van der Waals surface area contributed by atoms with Gasteiger partial charge in [0.25, 0.3) is 5.56 Å². The van der Waals surface area contributed by atoms with Crippen molar-refractivity contribution in [1.82, 2.24) is 9.78 Å². The molecule has 0 saturated heterocycles. The van der Waals surface area contributed by atoms with E-state index in [0.29, 0.717) is 5.92 Å². The SMILES string of the molecule is CCCc1c(C(C)C)[nH]n(-c2ccccc2)c1=O. The van der Waals surface area contributed by atoms with Crippen molar-refractivity contribution in [2.45, 2.75) is 39.5 Å². The first-order valence-corrected chi connectivity index (χ1v) is 6.54. The average Bonchev–Trinajstić information content (AvgIpc) is 2.69. The lowest BCUT2D eigenvalue weighted by Crippen LogP contribution is -2.17. The quantitative estimate of drug-likeness (QED) is 0.880. The zero-order chi connectivity index (χ0) is 13.1. The number of H-pyrrole nitrogens is 1. The van der Waals surface area contributed by atoms with Gasteiger partial charge in [-0.3, -0.25) is 9.89 Å². The van der Waals surface area contributed by atoms with Crippen LogP contribution in [0.3, 0.4) is 0 Å². The number of para-hydroxylation sites is 1. The van der Waals surface area contributed by atoms with Crippen molar-refractivity contribution in [2.24, 2.45) is 0 Å². The van der Waals surface area contributed by atoms with Crippen LogP contribution in [0.5, 0.6) is 0 Å². The summed E-state index contributed by atoms with van der Waals surface area (Å²) in [6.45, 7) is 6.32. The summed E-state index contributed by atoms with van der Waals surface area (Å²) < 4.78 is 1.65. The molecule has 1 heterocycles. The number of nitrogens with zero attached hydrogens (tertiary/aromatic N) is 1. The third-order valence-corrected chi connectivity index (χ3v) is 3.11. The van der Waals surface area contributed by atoms with Crippen LogP contribution in [-0.2, 0) is 6.42 Å². The molecule has 0 spiro atoms. The highest BCUT2D eigenvalue weighted by Crippen LogP contribution is 2.17. The van der Waals surface area contributed by atoms with E-state index in [1.54, 1.807) is 4.68 Å². The Morgan fingerprint density at radius 1 is 1.22 bits per heavy atom. The highest BCUT2D eigenvalue weighted by Gasteiger charge is 2.16. The molecule has 2 aromatic rings. The highest BCUT2D eigenvalue weighted by atomic mass is 16.1. The van der Waals surface area contributed by atoms with E-state index in [1.165, 1.54) is 0 Å². The van der Waals surface area contributed by atoms with E-state index in [2.05, 4.69) is 25.9 Å². The number of hydrogen-bond acceptors (Lipinski definition) is 1. The van der Waals surface area contributed by atoms with Crippen LogP contribution < -0.4 is 5.56 Å². The normalized spacial score (nSPS) is 11.1. The van der Waals surface area contributed by atoms with Crippen molar-refractivity contribution >= 4 is 0 Å². The van der Waals surface area contributed by atoms with Gasteiger partial charge in [0.2, 0.25) is 0 Å². The van der Waals surface area contributed by atoms with Crippen molar-refractivity contribution in [3.8, 4) is 5.69 Å². The molecule has 0 aliphatic rings. The third-order valence-electron chi connectivity index (χ3n) is 3.11. The van der Waals surface area contributed by atoms with Gasteiger partial charge in [-0.2, -0.15) is 0 Å². The largest absolute Gasteiger partial charge is 0.294 e. The van der Waals surface area contributed by atoms with Gasteiger partial charge in [0.15, 0.2) is 0 Å². The average molecular weight is 244 g/mol. The first-order chi connectivity index (χ1) is 8.65. The maximum absolute atomic E-state index is 12.4. The van der Waals surface area contributed by atoms with Crippen LogP contribution in [0.1, 0.15) is 44.4 Å². The Morgan fingerprint density at radius 2 is 1.89 bits per heavy atom. The molecule has 0 amide bonds. The Hall–Kier alpha value is -1.77. The number of nitrogens with one attached hydrogen (secondary N) is 1. The van der Waals surface area contributed by atoms with E-state index in [1.807, 2.05) is 30.3 Å². The summed E-state index contributed by atoms with van der Waals surface area (Å²) in [5.74, 6) is 0.337. The van der Waals surface area contributed by atoms with E-state index in [4.69, 9.17) is 0 Å². The molecule has 0 aliphatic heterocycles. The van der Waals surface area contributed by atoms with Crippen LogP contribution in [0.4, 0.5) is 0 Å². The summed E-state index contributed by atoms with van der Waals surface area (Å²) in [5, 5.41) is 3.25.